The zero-order valence-corrected chi connectivity index (χ0v) is 9.34. The van der Waals surface area contributed by atoms with Gasteiger partial charge in [-0.25, -0.2) is 8.78 Å². The van der Waals surface area contributed by atoms with Crippen LogP contribution in [-0.4, -0.2) is 20.8 Å². The van der Waals surface area contributed by atoms with E-state index < -0.39 is 14.5 Å². The van der Waals surface area contributed by atoms with Crippen LogP contribution in [0.5, 0.6) is 0 Å². The first kappa shape index (κ1) is 11.0. The van der Waals surface area contributed by atoms with Gasteiger partial charge in [-0.1, -0.05) is 47.8 Å². The molecule has 0 amide bonds. The fourth-order valence-electron chi connectivity index (χ4n) is 0.175. The largest absolute Gasteiger partial charge is 0.301 e. The van der Waals surface area contributed by atoms with Crippen molar-refractivity contribution in [1.29, 1.82) is 0 Å². The monoisotopic (exact) mass is 342 g/mol. The lowest BCUT2D eigenvalue weighted by Crippen LogP contribution is -2.40. The van der Waals surface area contributed by atoms with Crippen LogP contribution in [-0.2, 0) is 4.79 Å². The standard InChI is InChI=1S/C4H3Br3F2O/c5-1-4(8,9)3(6,7)2-10/h2H,1H2. The van der Waals surface area contributed by atoms with Crippen LogP contribution in [0, 0.1) is 0 Å². The van der Waals surface area contributed by atoms with Crippen LogP contribution in [0.15, 0.2) is 0 Å². The van der Waals surface area contributed by atoms with Crippen molar-refractivity contribution in [2.75, 3.05) is 5.33 Å². The molecule has 0 aromatic rings. The van der Waals surface area contributed by atoms with Gasteiger partial charge in [0.1, 0.15) is 0 Å². The van der Waals surface area contributed by atoms with Gasteiger partial charge in [0.25, 0.3) is 5.92 Å². The number of hydrogen-bond acceptors (Lipinski definition) is 1. The number of halogens is 5. The summed E-state index contributed by atoms with van der Waals surface area (Å²) >= 11 is 7.64. The number of aldehydes is 1. The highest BCUT2D eigenvalue weighted by molar-refractivity contribution is 9.26. The van der Waals surface area contributed by atoms with E-state index in [0.29, 0.717) is 0 Å². The second kappa shape index (κ2) is 3.58. The number of alkyl halides is 5. The maximum absolute atomic E-state index is 12.6. The summed E-state index contributed by atoms with van der Waals surface area (Å²) in [6.45, 7) is 0. The van der Waals surface area contributed by atoms with Gasteiger partial charge in [0.05, 0.1) is 5.33 Å². The van der Waals surface area contributed by atoms with E-state index in [1.165, 1.54) is 0 Å². The lowest BCUT2D eigenvalue weighted by molar-refractivity contribution is -0.113. The Balaban J connectivity index is 4.43. The molecule has 0 aliphatic heterocycles. The first-order valence-corrected chi connectivity index (χ1v) is 4.86. The highest BCUT2D eigenvalue weighted by atomic mass is 79.9. The summed E-state index contributed by atoms with van der Waals surface area (Å²) in [4.78, 5) is 10.0. The zero-order valence-electron chi connectivity index (χ0n) is 4.58. The fourth-order valence-corrected chi connectivity index (χ4v) is 1.65. The minimum Gasteiger partial charge on any atom is -0.301 e. The van der Waals surface area contributed by atoms with E-state index in [-0.39, 0.29) is 6.29 Å². The molecule has 0 unspecified atom stereocenters. The van der Waals surface area contributed by atoms with Gasteiger partial charge in [0.15, 0.2) is 9.52 Å². The molecule has 0 aromatic carbocycles. The van der Waals surface area contributed by atoms with E-state index >= 15 is 0 Å². The third-order valence-corrected chi connectivity index (χ3v) is 3.04. The molecule has 0 heterocycles. The number of carbonyl (C=O) groups is 1. The predicted octanol–water partition coefficient (Wildman–Crippen LogP) is 2.70. The summed E-state index contributed by atoms with van der Waals surface area (Å²) in [5.41, 5.74) is 0. The molecule has 0 saturated carbocycles. The molecule has 6 heteroatoms. The molecule has 0 bridgehead atoms. The molecule has 0 radical (unpaired) electrons. The lowest BCUT2D eigenvalue weighted by Gasteiger charge is -2.22. The summed E-state index contributed by atoms with van der Waals surface area (Å²) in [6.07, 6.45) is 0.105. The van der Waals surface area contributed by atoms with E-state index in [1.807, 2.05) is 0 Å². The molecule has 0 atom stereocenters. The van der Waals surface area contributed by atoms with Crippen LogP contribution in [0.25, 0.3) is 0 Å². The summed E-state index contributed by atoms with van der Waals surface area (Å²) in [7, 11) is 0. The van der Waals surface area contributed by atoms with Gasteiger partial charge in [0.2, 0.25) is 0 Å². The van der Waals surface area contributed by atoms with Crippen molar-refractivity contribution in [3.63, 3.8) is 0 Å². The van der Waals surface area contributed by atoms with Crippen molar-refractivity contribution in [2.45, 2.75) is 9.16 Å². The minimum atomic E-state index is -3.13. The number of rotatable bonds is 3. The fraction of sp³-hybridized carbons (Fsp3) is 0.750. The Morgan fingerprint density at radius 1 is 1.40 bits per heavy atom. The molecule has 1 nitrogen and oxygen atoms in total. The van der Waals surface area contributed by atoms with Crippen LogP contribution >= 0.6 is 47.8 Å². The van der Waals surface area contributed by atoms with Crippen LogP contribution in [0.1, 0.15) is 0 Å². The molecule has 0 N–H and O–H groups in total. The molecule has 0 aliphatic rings. The Kier molecular flexibility index (Phi) is 3.93. The van der Waals surface area contributed by atoms with Crippen LogP contribution < -0.4 is 0 Å². The zero-order chi connectivity index (χ0) is 8.41. The molecule has 0 rings (SSSR count). The van der Waals surface area contributed by atoms with E-state index in [2.05, 4.69) is 47.8 Å². The summed E-state index contributed by atoms with van der Waals surface area (Å²) in [5, 5.41) is -0.574. The van der Waals surface area contributed by atoms with E-state index in [1.54, 1.807) is 0 Å². The first-order chi connectivity index (χ1) is 4.37. The topological polar surface area (TPSA) is 17.1 Å². The average Bonchev–Trinajstić information content (AvgIpc) is 1.88. The van der Waals surface area contributed by atoms with E-state index in [4.69, 9.17) is 0 Å². The maximum atomic E-state index is 12.6. The van der Waals surface area contributed by atoms with Gasteiger partial charge >= 0.3 is 0 Å². The Labute approximate surface area is 81.9 Å². The maximum Gasteiger partial charge on any atom is 0.289 e. The molecular formula is C4H3Br3F2O. The molecule has 60 valence electrons. The highest BCUT2D eigenvalue weighted by Gasteiger charge is 2.49. The molecule has 0 saturated heterocycles. The van der Waals surface area contributed by atoms with Crippen molar-refractivity contribution in [3.8, 4) is 0 Å². The second-order valence-corrected chi connectivity index (χ2v) is 5.71. The molecule has 0 aromatic heterocycles. The van der Waals surface area contributed by atoms with E-state index in [9.17, 15) is 13.6 Å². The van der Waals surface area contributed by atoms with Crippen molar-refractivity contribution < 1.29 is 13.6 Å². The highest BCUT2D eigenvalue weighted by Crippen LogP contribution is 2.41. The Morgan fingerprint density at radius 2 is 1.80 bits per heavy atom. The minimum absolute atomic E-state index is 0.105. The average molecular weight is 345 g/mol. The molecular weight excluding hydrogens is 342 g/mol. The Hall–Kier alpha value is 0.970. The van der Waals surface area contributed by atoms with Crippen LogP contribution in [0.2, 0.25) is 0 Å². The SMILES string of the molecule is O=CC(Br)(Br)C(F)(F)CBr. The van der Waals surface area contributed by atoms with Gasteiger partial charge in [-0.05, 0) is 0 Å². The summed E-state index contributed by atoms with van der Waals surface area (Å²) in [6, 6.07) is 0. The smallest absolute Gasteiger partial charge is 0.289 e. The van der Waals surface area contributed by atoms with Gasteiger partial charge in [-0.15, -0.1) is 0 Å². The van der Waals surface area contributed by atoms with Crippen molar-refractivity contribution in [2.24, 2.45) is 0 Å². The number of hydrogen-bond donors (Lipinski definition) is 0. The first-order valence-electron chi connectivity index (χ1n) is 2.15. The third-order valence-electron chi connectivity index (χ3n) is 0.804. The Morgan fingerprint density at radius 3 is 1.90 bits per heavy atom. The lowest BCUT2D eigenvalue weighted by atomic mass is 10.3. The third kappa shape index (κ3) is 2.23. The van der Waals surface area contributed by atoms with Gasteiger partial charge in [-0.2, -0.15) is 0 Å². The second-order valence-electron chi connectivity index (χ2n) is 1.58. The molecule has 0 fully saturated rings. The molecule has 10 heavy (non-hydrogen) atoms. The Bertz CT molecular complexity index is 136. The quantitative estimate of drug-likeness (QED) is 0.568. The van der Waals surface area contributed by atoms with Gasteiger partial charge < -0.3 is 4.79 Å². The van der Waals surface area contributed by atoms with Crippen molar-refractivity contribution in [1.82, 2.24) is 0 Å². The summed E-state index contributed by atoms with van der Waals surface area (Å²) in [5.74, 6) is -3.13. The normalized spacial score (nSPS) is 13.3. The molecule has 0 aliphatic carbocycles. The van der Waals surface area contributed by atoms with E-state index in [0.717, 1.165) is 0 Å². The van der Waals surface area contributed by atoms with Crippen LogP contribution in [0.4, 0.5) is 8.78 Å². The summed E-state index contributed by atoms with van der Waals surface area (Å²) < 4.78 is 23.2. The molecule has 0 spiro atoms. The predicted molar refractivity (Wildman–Crippen MR) is 45.4 cm³/mol. The van der Waals surface area contributed by atoms with Crippen molar-refractivity contribution >= 4 is 54.1 Å². The van der Waals surface area contributed by atoms with Gasteiger partial charge in [0, 0.05) is 0 Å². The van der Waals surface area contributed by atoms with Crippen LogP contribution in [0.3, 0.4) is 0 Å². The number of carbonyl (C=O) groups excluding carboxylic acids is 1. The van der Waals surface area contributed by atoms with Crippen molar-refractivity contribution in [3.05, 3.63) is 0 Å². The van der Waals surface area contributed by atoms with Gasteiger partial charge in [-0.3, -0.25) is 0 Å².